The van der Waals surface area contributed by atoms with Crippen LogP contribution in [0, 0.1) is 5.92 Å². The van der Waals surface area contributed by atoms with E-state index in [9.17, 15) is 0 Å². The van der Waals surface area contributed by atoms with E-state index in [1.54, 1.807) is 7.11 Å². The number of hydrogen-bond donors (Lipinski definition) is 1. The summed E-state index contributed by atoms with van der Waals surface area (Å²) in [6.45, 7) is 5.48. The fourth-order valence-corrected chi connectivity index (χ4v) is 1.97. The lowest BCUT2D eigenvalue weighted by Crippen LogP contribution is -2.30. The normalized spacial score (nSPS) is 15.1. The van der Waals surface area contributed by atoms with Gasteiger partial charge in [0.1, 0.15) is 5.82 Å². The van der Waals surface area contributed by atoms with Crippen molar-refractivity contribution in [3.63, 3.8) is 0 Å². The molecule has 0 radical (unpaired) electrons. The Labute approximate surface area is 103 Å². The van der Waals surface area contributed by atoms with Crippen molar-refractivity contribution < 1.29 is 4.74 Å². The first-order valence-electron chi connectivity index (χ1n) is 6.19. The maximum Gasteiger partial charge on any atom is 0.238 e. The van der Waals surface area contributed by atoms with Crippen molar-refractivity contribution in [2.75, 3.05) is 24.3 Å². The first-order valence-corrected chi connectivity index (χ1v) is 6.19. The SMILES string of the molecule is COc1nc(N(CC(C)C)C2CC2)ccc1N. The van der Waals surface area contributed by atoms with Gasteiger partial charge < -0.3 is 15.4 Å². The first-order chi connectivity index (χ1) is 8.11. The number of pyridine rings is 1. The highest BCUT2D eigenvalue weighted by Crippen LogP contribution is 2.33. The Bertz CT molecular complexity index is 388. The van der Waals surface area contributed by atoms with Crippen molar-refractivity contribution in [2.24, 2.45) is 5.92 Å². The molecule has 2 rings (SSSR count). The zero-order valence-corrected chi connectivity index (χ0v) is 10.8. The molecular weight excluding hydrogens is 214 g/mol. The summed E-state index contributed by atoms with van der Waals surface area (Å²) in [5, 5.41) is 0. The van der Waals surface area contributed by atoms with E-state index in [0.717, 1.165) is 12.4 Å². The highest BCUT2D eigenvalue weighted by Gasteiger charge is 2.30. The topological polar surface area (TPSA) is 51.4 Å². The van der Waals surface area contributed by atoms with Crippen molar-refractivity contribution in [1.82, 2.24) is 4.98 Å². The maximum absolute atomic E-state index is 5.79. The van der Waals surface area contributed by atoms with Gasteiger partial charge in [-0.2, -0.15) is 4.98 Å². The highest BCUT2D eigenvalue weighted by molar-refractivity contribution is 5.55. The molecule has 1 aromatic rings. The Morgan fingerprint density at radius 3 is 2.71 bits per heavy atom. The summed E-state index contributed by atoms with van der Waals surface area (Å²) >= 11 is 0. The molecule has 1 heterocycles. The molecule has 1 aliphatic rings. The van der Waals surface area contributed by atoms with Crippen LogP contribution in [-0.4, -0.2) is 24.7 Å². The summed E-state index contributed by atoms with van der Waals surface area (Å²) in [5.74, 6) is 2.13. The Kier molecular flexibility index (Phi) is 3.41. The summed E-state index contributed by atoms with van der Waals surface area (Å²) in [4.78, 5) is 6.85. The van der Waals surface area contributed by atoms with Gasteiger partial charge in [-0.05, 0) is 30.9 Å². The zero-order valence-electron chi connectivity index (χ0n) is 10.8. The molecule has 1 fully saturated rings. The van der Waals surface area contributed by atoms with Crippen molar-refractivity contribution in [1.29, 1.82) is 0 Å². The number of nitrogen functional groups attached to an aromatic ring is 1. The lowest BCUT2D eigenvalue weighted by Gasteiger charge is -2.25. The van der Waals surface area contributed by atoms with Crippen LogP contribution < -0.4 is 15.4 Å². The van der Waals surface area contributed by atoms with Crippen LogP contribution in [0.1, 0.15) is 26.7 Å². The van der Waals surface area contributed by atoms with E-state index < -0.39 is 0 Å². The number of nitrogens with two attached hydrogens (primary N) is 1. The van der Waals surface area contributed by atoms with E-state index in [0.29, 0.717) is 23.5 Å². The summed E-state index contributed by atoms with van der Waals surface area (Å²) in [7, 11) is 1.60. The molecule has 2 N–H and O–H groups in total. The van der Waals surface area contributed by atoms with Crippen molar-refractivity contribution in [3.05, 3.63) is 12.1 Å². The third-order valence-corrected chi connectivity index (χ3v) is 2.91. The van der Waals surface area contributed by atoms with Crippen LogP contribution in [0.3, 0.4) is 0 Å². The van der Waals surface area contributed by atoms with Gasteiger partial charge in [-0.1, -0.05) is 13.8 Å². The van der Waals surface area contributed by atoms with Crippen LogP contribution in [-0.2, 0) is 0 Å². The van der Waals surface area contributed by atoms with E-state index >= 15 is 0 Å². The standard InChI is InChI=1S/C13H21N3O/c1-9(2)8-16(10-4-5-10)12-7-6-11(14)13(15-12)17-3/h6-7,9-10H,4-5,8,14H2,1-3H3. The monoisotopic (exact) mass is 235 g/mol. The van der Waals surface area contributed by atoms with Gasteiger partial charge in [-0.15, -0.1) is 0 Å². The number of anilines is 2. The van der Waals surface area contributed by atoms with Gasteiger partial charge in [-0.25, -0.2) is 0 Å². The Morgan fingerprint density at radius 1 is 1.47 bits per heavy atom. The van der Waals surface area contributed by atoms with Crippen LogP contribution in [0.5, 0.6) is 5.88 Å². The van der Waals surface area contributed by atoms with Crippen molar-refractivity contribution in [2.45, 2.75) is 32.7 Å². The second-order valence-electron chi connectivity index (χ2n) is 5.05. The second-order valence-corrected chi connectivity index (χ2v) is 5.05. The maximum atomic E-state index is 5.79. The van der Waals surface area contributed by atoms with Crippen molar-refractivity contribution >= 4 is 11.5 Å². The second kappa shape index (κ2) is 4.82. The number of rotatable bonds is 5. The van der Waals surface area contributed by atoms with E-state index in [1.165, 1.54) is 12.8 Å². The van der Waals surface area contributed by atoms with Crippen LogP contribution in [0.25, 0.3) is 0 Å². The average Bonchev–Trinajstić information content (AvgIpc) is 3.10. The zero-order chi connectivity index (χ0) is 12.4. The van der Waals surface area contributed by atoms with Gasteiger partial charge in [0.25, 0.3) is 0 Å². The molecule has 0 atom stereocenters. The lowest BCUT2D eigenvalue weighted by atomic mass is 10.2. The molecule has 1 saturated carbocycles. The molecule has 0 amide bonds. The molecule has 0 saturated heterocycles. The fraction of sp³-hybridized carbons (Fsp3) is 0.615. The third-order valence-electron chi connectivity index (χ3n) is 2.91. The quantitative estimate of drug-likeness (QED) is 0.850. The molecule has 1 aromatic heterocycles. The molecule has 0 unspecified atom stereocenters. The number of hydrogen-bond acceptors (Lipinski definition) is 4. The van der Waals surface area contributed by atoms with E-state index in [-0.39, 0.29) is 0 Å². The Morgan fingerprint density at radius 2 is 2.18 bits per heavy atom. The lowest BCUT2D eigenvalue weighted by molar-refractivity contribution is 0.400. The van der Waals surface area contributed by atoms with Gasteiger partial charge in [-0.3, -0.25) is 0 Å². The molecule has 17 heavy (non-hydrogen) atoms. The van der Waals surface area contributed by atoms with Gasteiger partial charge in [0.15, 0.2) is 0 Å². The fourth-order valence-electron chi connectivity index (χ4n) is 1.97. The van der Waals surface area contributed by atoms with Crippen LogP contribution in [0.15, 0.2) is 12.1 Å². The predicted molar refractivity (Wildman–Crippen MR) is 70.4 cm³/mol. The average molecular weight is 235 g/mol. The van der Waals surface area contributed by atoms with E-state index in [1.807, 2.05) is 12.1 Å². The van der Waals surface area contributed by atoms with Crippen molar-refractivity contribution in [3.8, 4) is 5.88 Å². The highest BCUT2D eigenvalue weighted by atomic mass is 16.5. The molecule has 4 nitrogen and oxygen atoms in total. The van der Waals surface area contributed by atoms with E-state index in [2.05, 4.69) is 23.7 Å². The minimum absolute atomic E-state index is 0.525. The van der Waals surface area contributed by atoms with Gasteiger partial charge >= 0.3 is 0 Å². The molecule has 0 spiro atoms. The number of methoxy groups -OCH3 is 1. The van der Waals surface area contributed by atoms with Gasteiger partial charge in [0.2, 0.25) is 5.88 Å². The minimum Gasteiger partial charge on any atom is -0.479 e. The number of aromatic nitrogens is 1. The third kappa shape index (κ3) is 2.81. The largest absolute Gasteiger partial charge is 0.479 e. The van der Waals surface area contributed by atoms with Crippen LogP contribution in [0.2, 0.25) is 0 Å². The molecule has 1 aliphatic carbocycles. The number of ether oxygens (including phenoxy) is 1. The van der Waals surface area contributed by atoms with Gasteiger partial charge in [0.05, 0.1) is 12.8 Å². The first kappa shape index (κ1) is 12.0. The van der Waals surface area contributed by atoms with Crippen LogP contribution in [0.4, 0.5) is 11.5 Å². The molecule has 0 bridgehead atoms. The summed E-state index contributed by atoms with van der Waals surface area (Å²) in [5.41, 5.74) is 6.38. The summed E-state index contributed by atoms with van der Waals surface area (Å²) < 4.78 is 5.18. The minimum atomic E-state index is 0.525. The molecule has 4 heteroatoms. The summed E-state index contributed by atoms with van der Waals surface area (Å²) in [6, 6.07) is 4.51. The smallest absolute Gasteiger partial charge is 0.238 e. The molecule has 0 aliphatic heterocycles. The summed E-state index contributed by atoms with van der Waals surface area (Å²) in [6.07, 6.45) is 2.53. The van der Waals surface area contributed by atoms with E-state index in [4.69, 9.17) is 10.5 Å². The number of nitrogens with zero attached hydrogens (tertiary/aromatic N) is 2. The molecular formula is C13H21N3O. The molecule has 0 aromatic carbocycles. The predicted octanol–water partition coefficient (Wildman–Crippen LogP) is 2.30. The Hall–Kier alpha value is -1.45. The molecule has 94 valence electrons. The Balaban J connectivity index is 2.22. The van der Waals surface area contributed by atoms with Gasteiger partial charge in [0, 0.05) is 12.6 Å². The van der Waals surface area contributed by atoms with Crippen LogP contribution >= 0.6 is 0 Å².